The number of para-hydroxylation sites is 2. The molecule has 3 rings (SSSR count). The van der Waals surface area contributed by atoms with E-state index in [-0.39, 0.29) is 13.2 Å². The Bertz CT molecular complexity index is 746. The van der Waals surface area contributed by atoms with Crippen LogP contribution in [0.25, 0.3) is 0 Å². The highest BCUT2D eigenvalue weighted by Crippen LogP contribution is 2.30. The minimum atomic E-state index is -0.790. The molecule has 1 aromatic carbocycles. The molecule has 0 aliphatic carbocycles. The topological polar surface area (TPSA) is 89.0 Å². The largest absolute Gasteiger partial charge is 0.485 e. The molecular weight excluding hydrogens is 330 g/mol. The summed E-state index contributed by atoms with van der Waals surface area (Å²) in [4.78, 5) is 24.6. The van der Waals surface area contributed by atoms with Gasteiger partial charge in [-0.2, -0.15) is 5.10 Å². The van der Waals surface area contributed by atoms with E-state index in [9.17, 15) is 9.59 Å². The fourth-order valence-electron chi connectivity index (χ4n) is 2.00. The van der Waals surface area contributed by atoms with Gasteiger partial charge in [-0.25, -0.2) is 5.43 Å². The summed E-state index contributed by atoms with van der Waals surface area (Å²) < 4.78 is 11.0. The predicted molar refractivity (Wildman–Crippen MR) is 89.4 cm³/mol. The second-order valence-corrected chi connectivity index (χ2v) is 5.87. The second-order valence-electron chi connectivity index (χ2n) is 4.89. The molecule has 1 aliphatic rings. The third kappa shape index (κ3) is 4.11. The number of hydrogen-bond donors (Lipinski definition) is 2. The van der Waals surface area contributed by atoms with Gasteiger partial charge in [0.15, 0.2) is 11.5 Å². The molecule has 24 heavy (non-hydrogen) atoms. The van der Waals surface area contributed by atoms with E-state index in [1.807, 2.05) is 23.6 Å². The third-order valence-corrected chi connectivity index (χ3v) is 3.96. The lowest BCUT2D eigenvalue weighted by Gasteiger charge is -2.25. The van der Waals surface area contributed by atoms with Crippen LogP contribution in [0.3, 0.4) is 0 Å². The van der Waals surface area contributed by atoms with Gasteiger partial charge in [0.1, 0.15) is 6.61 Å². The molecule has 2 amide bonds. The number of nitrogens with one attached hydrogen (secondary N) is 2. The molecule has 2 N–H and O–H groups in total. The molecule has 1 aliphatic heterocycles. The first-order chi connectivity index (χ1) is 11.7. The molecule has 0 radical (unpaired) electrons. The smallest absolute Gasteiger partial charge is 0.265 e. The van der Waals surface area contributed by atoms with Gasteiger partial charge in [-0.3, -0.25) is 9.59 Å². The minimum Gasteiger partial charge on any atom is -0.485 e. The maximum Gasteiger partial charge on any atom is 0.265 e. The molecule has 1 atom stereocenters. The van der Waals surface area contributed by atoms with Crippen LogP contribution < -0.4 is 20.2 Å². The van der Waals surface area contributed by atoms with Crippen molar-refractivity contribution < 1.29 is 19.1 Å². The van der Waals surface area contributed by atoms with Gasteiger partial charge in [-0.05, 0) is 23.6 Å². The summed E-state index contributed by atoms with van der Waals surface area (Å²) in [5.41, 5.74) is 2.35. The molecule has 0 bridgehead atoms. The van der Waals surface area contributed by atoms with Crippen LogP contribution in [0.5, 0.6) is 11.5 Å². The molecule has 0 saturated heterocycles. The number of benzene rings is 1. The molecule has 7 nitrogen and oxygen atoms in total. The Labute approximate surface area is 142 Å². The number of amides is 2. The summed E-state index contributed by atoms with van der Waals surface area (Å²) in [7, 11) is 0. The van der Waals surface area contributed by atoms with Crippen molar-refractivity contribution in [2.24, 2.45) is 5.10 Å². The molecule has 0 spiro atoms. The lowest BCUT2D eigenvalue weighted by Crippen LogP contribution is -2.46. The first kappa shape index (κ1) is 16.0. The fourth-order valence-corrected chi connectivity index (χ4v) is 2.59. The standard InChI is InChI=1S/C16H15N3O4S/c20-15(19-18-8-11-4-3-7-24-11)9-17-16(21)14-10-22-12-5-1-2-6-13(12)23-14/h1-8,14H,9-10H2,(H,17,21)(H,19,20)/b18-8+/t14-/m0/s1. The number of ether oxygens (including phenoxy) is 2. The molecule has 2 heterocycles. The van der Waals surface area contributed by atoms with Crippen molar-refractivity contribution >= 4 is 29.4 Å². The van der Waals surface area contributed by atoms with E-state index < -0.39 is 17.9 Å². The molecule has 124 valence electrons. The van der Waals surface area contributed by atoms with E-state index in [4.69, 9.17) is 9.47 Å². The first-order valence-electron chi connectivity index (χ1n) is 7.24. The Morgan fingerprint density at radius 3 is 2.88 bits per heavy atom. The molecule has 8 heteroatoms. The fraction of sp³-hybridized carbons (Fsp3) is 0.188. The van der Waals surface area contributed by atoms with Gasteiger partial charge in [0.05, 0.1) is 12.8 Å². The molecule has 2 aromatic rings. The maximum absolute atomic E-state index is 12.0. The maximum atomic E-state index is 12.0. The number of rotatable bonds is 5. The number of hydrogen-bond acceptors (Lipinski definition) is 6. The van der Waals surface area contributed by atoms with Crippen LogP contribution in [0.2, 0.25) is 0 Å². The quantitative estimate of drug-likeness (QED) is 0.628. The summed E-state index contributed by atoms with van der Waals surface area (Å²) in [5.74, 6) is 0.270. The van der Waals surface area contributed by atoms with Crippen molar-refractivity contribution in [1.82, 2.24) is 10.7 Å². The van der Waals surface area contributed by atoms with Crippen molar-refractivity contribution in [2.75, 3.05) is 13.2 Å². The van der Waals surface area contributed by atoms with Crippen molar-refractivity contribution in [3.05, 3.63) is 46.7 Å². The van der Waals surface area contributed by atoms with E-state index in [0.717, 1.165) is 4.88 Å². The highest BCUT2D eigenvalue weighted by atomic mass is 32.1. The molecule has 0 saturated carbocycles. The minimum absolute atomic E-state index is 0.0982. The number of thiophene rings is 1. The van der Waals surface area contributed by atoms with Crippen LogP contribution in [0.4, 0.5) is 0 Å². The summed E-state index contributed by atoms with van der Waals surface area (Å²) in [6.45, 7) is -0.0941. The van der Waals surface area contributed by atoms with Gasteiger partial charge < -0.3 is 14.8 Å². The summed E-state index contributed by atoms with van der Waals surface area (Å²) in [6.07, 6.45) is 0.752. The summed E-state index contributed by atoms with van der Waals surface area (Å²) >= 11 is 1.51. The zero-order chi connectivity index (χ0) is 16.8. The average Bonchev–Trinajstić information content (AvgIpc) is 3.12. The van der Waals surface area contributed by atoms with Crippen LogP contribution in [0.1, 0.15) is 4.88 Å². The lowest BCUT2D eigenvalue weighted by atomic mass is 10.2. The SMILES string of the molecule is O=C(CNC(=O)[C@@H]1COc2ccccc2O1)N/N=C/c1cccs1. The van der Waals surface area contributed by atoms with Gasteiger partial charge in [0.2, 0.25) is 6.10 Å². The number of hydrazone groups is 1. The second kappa shape index (κ2) is 7.60. The molecule has 0 unspecified atom stereocenters. The number of nitrogens with zero attached hydrogens (tertiary/aromatic N) is 1. The Morgan fingerprint density at radius 1 is 1.25 bits per heavy atom. The summed E-state index contributed by atoms with van der Waals surface area (Å²) in [6, 6.07) is 10.9. The van der Waals surface area contributed by atoms with Crippen molar-refractivity contribution in [3.63, 3.8) is 0 Å². The number of fused-ring (bicyclic) bond motifs is 1. The van der Waals surface area contributed by atoms with Gasteiger partial charge in [-0.1, -0.05) is 18.2 Å². The first-order valence-corrected chi connectivity index (χ1v) is 8.12. The van der Waals surface area contributed by atoms with E-state index >= 15 is 0 Å². The normalized spacial score (nSPS) is 15.9. The van der Waals surface area contributed by atoms with Gasteiger partial charge in [0.25, 0.3) is 11.8 Å². The predicted octanol–water partition coefficient (Wildman–Crippen LogP) is 1.15. The van der Waals surface area contributed by atoms with E-state index in [2.05, 4.69) is 15.8 Å². The van der Waals surface area contributed by atoms with Gasteiger partial charge in [-0.15, -0.1) is 11.3 Å². The Balaban J connectivity index is 1.43. The Hall–Kier alpha value is -2.87. The Morgan fingerprint density at radius 2 is 2.08 bits per heavy atom. The highest BCUT2D eigenvalue weighted by molar-refractivity contribution is 7.11. The lowest BCUT2D eigenvalue weighted by molar-refractivity contribution is -0.132. The third-order valence-electron chi connectivity index (χ3n) is 3.15. The molecule has 1 aromatic heterocycles. The van der Waals surface area contributed by atoms with Crippen molar-refractivity contribution in [3.8, 4) is 11.5 Å². The van der Waals surface area contributed by atoms with Crippen LogP contribution in [0, 0.1) is 0 Å². The van der Waals surface area contributed by atoms with E-state index in [1.54, 1.807) is 24.4 Å². The average molecular weight is 345 g/mol. The number of carbonyl (C=O) groups excluding carboxylic acids is 2. The summed E-state index contributed by atoms with van der Waals surface area (Å²) in [5, 5.41) is 8.22. The monoisotopic (exact) mass is 345 g/mol. The highest BCUT2D eigenvalue weighted by Gasteiger charge is 2.27. The van der Waals surface area contributed by atoms with Crippen LogP contribution >= 0.6 is 11.3 Å². The molecule has 0 fully saturated rings. The van der Waals surface area contributed by atoms with Crippen LogP contribution in [0.15, 0.2) is 46.9 Å². The van der Waals surface area contributed by atoms with Crippen molar-refractivity contribution in [2.45, 2.75) is 6.10 Å². The van der Waals surface area contributed by atoms with E-state index in [1.165, 1.54) is 11.3 Å². The van der Waals surface area contributed by atoms with Crippen LogP contribution in [-0.4, -0.2) is 37.3 Å². The zero-order valence-electron chi connectivity index (χ0n) is 12.6. The van der Waals surface area contributed by atoms with E-state index in [0.29, 0.717) is 11.5 Å². The Kier molecular flexibility index (Phi) is 5.07. The number of carbonyl (C=O) groups is 2. The van der Waals surface area contributed by atoms with Gasteiger partial charge in [0, 0.05) is 4.88 Å². The zero-order valence-corrected chi connectivity index (χ0v) is 13.4. The van der Waals surface area contributed by atoms with Crippen LogP contribution in [-0.2, 0) is 9.59 Å². The molecular formula is C16H15N3O4S. The van der Waals surface area contributed by atoms with Gasteiger partial charge >= 0.3 is 0 Å². The van der Waals surface area contributed by atoms with Crippen molar-refractivity contribution in [1.29, 1.82) is 0 Å².